The molecule has 1 saturated heterocycles. The molecule has 7 nitrogen and oxygen atoms in total. The molecule has 3 heterocycles. The molecule has 1 aliphatic heterocycles. The van der Waals surface area contributed by atoms with E-state index in [4.69, 9.17) is 10.5 Å². The fourth-order valence-corrected chi connectivity index (χ4v) is 4.35. The van der Waals surface area contributed by atoms with E-state index in [1.54, 1.807) is 0 Å². The number of aromatic nitrogens is 3. The van der Waals surface area contributed by atoms with Gasteiger partial charge >= 0.3 is 0 Å². The Balaban J connectivity index is 1.52. The Labute approximate surface area is 140 Å². The Kier molecular flexibility index (Phi) is 3.40. The van der Waals surface area contributed by atoms with Crippen LogP contribution in [0, 0.1) is 11.3 Å². The summed E-state index contributed by atoms with van der Waals surface area (Å²) in [6, 6.07) is 5.69. The number of nitrogens with one attached hydrogen (secondary N) is 1. The maximum atomic E-state index is 12.9. The van der Waals surface area contributed by atoms with E-state index in [-0.39, 0.29) is 23.3 Å². The maximum absolute atomic E-state index is 12.9. The number of ether oxygens (including phenoxy) is 1. The van der Waals surface area contributed by atoms with Crippen molar-refractivity contribution in [1.82, 2.24) is 19.9 Å². The summed E-state index contributed by atoms with van der Waals surface area (Å²) in [6.45, 7) is 5.10. The highest BCUT2D eigenvalue weighted by atomic mass is 16.5. The van der Waals surface area contributed by atoms with Crippen molar-refractivity contribution in [3.8, 4) is 0 Å². The number of amides is 1. The van der Waals surface area contributed by atoms with E-state index in [0.717, 1.165) is 25.1 Å². The molecule has 24 heavy (non-hydrogen) atoms. The van der Waals surface area contributed by atoms with Crippen molar-refractivity contribution in [2.45, 2.75) is 44.9 Å². The summed E-state index contributed by atoms with van der Waals surface area (Å²) in [7, 11) is 0. The van der Waals surface area contributed by atoms with Gasteiger partial charge in [0.25, 0.3) is 0 Å². The van der Waals surface area contributed by atoms with E-state index < -0.39 is 5.54 Å². The second kappa shape index (κ2) is 5.26. The molecule has 4 rings (SSSR count). The van der Waals surface area contributed by atoms with Gasteiger partial charge in [0.05, 0.1) is 12.6 Å². The van der Waals surface area contributed by atoms with Crippen LogP contribution in [-0.2, 0) is 16.1 Å². The number of rotatable bonds is 3. The normalized spacial score (nSPS) is 31.3. The molecule has 0 bridgehead atoms. The van der Waals surface area contributed by atoms with E-state index in [9.17, 15) is 4.79 Å². The van der Waals surface area contributed by atoms with Gasteiger partial charge in [-0.05, 0) is 25.0 Å². The van der Waals surface area contributed by atoms with Crippen molar-refractivity contribution in [2.24, 2.45) is 17.1 Å². The zero-order valence-electron chi connectivity index (χ0n) is 14.0. The number of carbonyl (C=O) groups excluding carboxylic acids is 1. The van der Waals surface area contributed by atoms with Gasteiger partial charge in [0.2, 0.25) is 5.91 Å². The zero-order valence-corrected chi connectivity index (χ0v) is 14.0. The molecule has 3 N–H and O–H groups in total. The van der Waals surface area contributed by atoms with E-state index in [2.05, 4.69) is 15.5 Å². The van der Waals surface area contributed by atoms with Crippen molar-refractivity contribution in [1.29, 1.82) is 0 Å². The molecule has 2 fully saturated rings. The van der Waals surface area contributed by atoms with Crippen molar-refractivity contribution < 1.29 is 9.53 Å². The molecule has 0 spiro atoms. The Bertz CT molecular complexity index is 786. The fourth-order valence-electron chi connectivity index (χ4n) is 4.35. The summed E-state index contributed by atoms with van der Waals surface area (Å²) in [6.07, 6.45) is 3.84. The second-order valence-corrected chi connectivity index (χ2v) is 7.36. The molecule has 3 unspecified atom stereocenters. The average Bonchev–Trinajstić information content (AvgIpc) is 3.02. The minimum atomic E-state index is -0.904. The van der Waals surface area contributed by atoms with Crippen LogP contribution in [0.3, 0.4) is 0 Å². The van der Waals surface area contributed by atoms with E-state index in [1.165, 1.54) is 0 Å². The van der Waals surface area contributed by atoms with Crippen molar-refractivity contribution >= 4 is 11.6 Å². The van der Waals surface area contributed by atoms with Crippen molar-refractivity contribution in [3.63, 3.8) is 0 Å². The number of carbonyl (C=O) groups is 1. The summed E-state index contributed by atoms with van der Waals surface area (Å²) < 4.78 is 7.72. The third kappa shape index (κ3) is 1.94. The topological polar surface area (TPSA) is 94.5 Å². The number of hydrogen-bond acceptors (Lipinski definition) is 5. The van der Waals surface area contributed by atoms with Gasteiger partial charge in [-0.3, -0.25) is 9.20 Å². The summed E-state index contributed by atoms with van der Waals surface area (Å²) >= 11 is 0. The molecular weight excluding hydrogens is 306 g/mol. The first-order valence-corrected chi connectivity index (χ1v) is 8.43. The van der Waals surface area contributed by atoms with Crippen molar-refractivity contribution in [3.05, 3.63) is 30.2 Å². The van der Waals surface area contributed by atoms with Crippen LogP contribution in [0.15, 0.2) is 24.4 Å². The lowest BCUT2D eigenvalue weighted by atomic mass is 9.46. The SMILES string of the molecule is CC1(C)C2OCCCC2C1(N)C(=O)NCc1nnc2ccccn12. The van der Waals surface area contributed by atoms with Crippen LogP contribution in [0.2, 0.25) is 0 Å². The molecule has 2 aliphatic rings. The van der Waals surface area contributed by atoms with E-state index in [0.29, 0.717) is 12.4 Å². The molecule has 0 aromatic carbocycles. The van der Waals surface area contributed by atoms with Gasteiger partial charge in [-0.1, -0.05) is 19.9 Å². The Hall–Kier alpha value is -1.99. The highest BCUT2D eigenvalue weighted by Crippen LogP contribution is 2.57. The van der Waals surface area contributed by atoms with Gasteiger partial charge < -0.3 is 15.8 Å². The number of nitrogens with two attached hydrogens (primary N) is 1. The maximum Gasteiger partial charge on any atom is 0.241 e. The predicted molar refractivity (Wildman–Crippen MR) is 88.0 cm³/mol. The first-order chi connectivity index (χ1) is 11.5. The molecule has 3 atom stereocenters. The molecular formula is C17H23N5O2. The Morgan fingerprint density at radius 1 is 1.46 bits per heavy atom. The quantitative estimate of drug-likeness (QED) is 0.871. The highest BCUT2D eigenvalue weighted by molar-refractivity contribution is 5.89. The number of pyridine rings is 1. The van der Waals surface area contributed by atoms with Crippen LogP contribution < -0.4 is 11.1 Å². The van der Waals surface area contributed by atoms with Gasteiger partial charge in [-0.15, -0.1) is 10.2 Å². The van der Waals surface area contributed by atoms with Crippen LogP contribution in [0.4, 0.5) is 0 Å². The summed E-state index contributed by atoms with van der Waals surface area (Å²) in [5, 5.41) is 11.2. The van der Waals surface area contributed by atoms with Gasteiger partial charge in [0.15, 0.2) is 11.5 Å². The van der Waals surface area contributed by atoms with Crippen LogP contribution in [0.1, 0.15) is 32.5 Å². The highest BCUT2D eigenvalue weighted by Gasteiger charge is 2.70. The van der Waals surface area contributed by atoms with Gasteiger partial charge in [0.1, 0.15) is 5.54 Å². The summed E-state index contributed by atoms with van der Waals surface area (Å²) in [5.41, 5.74) is 6.07. The monoisotopic (exact) mass is 329 g/mol. The van der Waals surface area contributed by atoms with E-state index >= 15 is 0 Å². The standard InChI is InChI=1S/C17H23N5O2/c1-16(2)14-11(6-5-9-24-14)17(16,18)15(23)19-10-13-21-20-12-7-3-4-8-22(12)13/h3-4,7-8,11,14H,5-6,9-10,18H2,1-2H3,(H,19,23). The molecule has 1 aliphatic carbocycles. The molecule has 1 amide bonds. The average molecular weight is 329 g/mol. The lowest BCUT2D eigenvalue weighted by Gasteiger charge is -2.65. The van der Waals surface area contributed by atoms with Gasteiger partial charge in [-0.25, -0.2) is 0 Å². The largest absolute Gasteiger partial charge is 0.377 e. The molecule has 2 aromatic rings. The number of hydrogen-bond donors (Lipinski definition) is 2. The third-order valence-electron chi connectivity index (χ3n) is 5.85. The molecule has 0 radical (unpaired) electrons. The lowest BCUT2D eigenvalue weighted by molar-refractivity contribution is -0.225. The molecule has 2 aromatic heterocycles. The second-order valence-electron chi connectivity index (χ2n) is 7.36. The number of nitrogens with zero attached hydrogens (tertiary/aromatic N) is 3. The van der Waals surface area contributed by atoms with Crippen LogP contribution >= 0.6 is 0 Å². The molecule has 7 heteroatoms. The van der Waals surface area contributed by atoms with Crippen LogP contribution in [-0.4, -0.2) is 38.8 Å². The minimum Gasteiger partial charge on any atom is -0.377 e. The Morgan fingerprint density at radius 3 is 3.12 bits per heavy atom. The lowest BCUT2D eigenvalue weighted by Crippen LogP contribution is -2.82. The summed E-state index contributed by atoms with van der Waals surface area (Å²) in [4.78, 5) is 12.9. The van der Waals surface area contributed by atoms with Gasteiger partial charge in [0, 0.05) is 24.1 Å². The summed E-state index contributed by atoms with van der Waals surface area (Å²) in [5.74, 6) is 0.638. The molecule has 128 valence electrons. The van der Waals surface area contributed by atoms with Crippen LogP contribution in [0.5, 0.6) is 0 Å². The van der Waals surface area contributed by atoms with Gasteiger partial charge in [-0.2, -0.15) is 0 Å². The zero-order chi connectivity index (χ0) is 16.9. The predicted octanol–water partition coefficient (Wildman–Crippen LogP) is 0.878. The Morgan fingerprint density at radius 2 is 2.29 bits per heavy atom. The third-order valence-corrected chi connectivity index (χ3v) is 5.85. The number of fused-ring (bicyclic) bond motifs is 2. The first-order valence-electron chi connectivity index (χ1n) is 8.43. The smallest absolute Gasteiger partial charge is 0.241 e. The fraction of sp³-hybridized carbons (Fsp3) is 0.588. The minimum absolute atomic E-state index is 0.0657. The van der Waals surface area contributed by atoms with Crippen molar-refractivity contribution in [2.75, 3.05) is 6.61 Å². The van der Waals surface area contributed by atoms with Crippen LogP contribution in [0.25, 0.3) is 5.65 Å². The first kappa shape index (κ1) is 15.5. The van der Waals surface area contributed by atoms with E-state index in [1.807, 2.05) is 42.6 Å². The molecule has 1 saturated carbocycles.